The third-order valence-corrected chi connectivity index (χ3v) is 5.91. The molecule has 23 heavy (non-hydrogen) atoms. The summed E-state index contributed by atoms with van der Waals surface area (Å²) in [4.78, 5) is 19.7. The number of fused-ring (bicyclic) bond motifs is 1. The second-order valence-corrected chi connectivity index (χ2v) is 7.29. The smallest absolute Gasteiger partial charge is 0.254 e. The van der Waals surface area contributed by atoms with E-state index in [0.717, 1.165) is 35.9 Å². The van der Waals surface area contributed by atoms with Crippen LogP contribution in [0.1, 0.15) is 45.4 Å². The van der Waals surface area contributed by atoms with Crippen molar-refractivity contribution in [2.75, 3.05) is 6.54 Å². The molecule has 2 aromatic heterocycles. The van der Waals surface area contributed by atoms with Crippen LogP contribution in [0.3, 0.4) is 0 Å². The van der Waals surface area contributed by atoms with Crippen LogP contribution >= 0.6 is 11.3 Å². The summed E-state index contributed by atoms with van der Waals surface area (Å²) in [6.45, 7) is 5.03. The van der Waals surface area contributed by atoms with E-state index in [1.54, 1.807) is 11.3 Å². The van der Waals surface area contributed by atoms with Crippen LogP contribution in [0.25, 0.3) is 10.9 Å². The van der Waals surface area contributed by atoms with Crippen molar-refractivity contribution >= 4 is 28.1 Å². The molecule has 0 radical (unpaired) electrons. The number of aromatic nitrogens is 1. The molecule has 1 amide bonds. The molecule has 1 saturated heterocycles. The number of benzene rings is 1. The van der Waals surface area contributed by atoms with Crippen LogP contribution in [-0.4, -0.2) is 22.3 Å². The second-order valence-electron chi connectivity index (χ2n) is 6.31. The molecule has 1 fully saturated rings. The van der Waals surface area contributed by atoms with Crippen molar-refractivity contribution in [1.82, 2.24) is 9.88 Å². The van der Waals surface area contributed by atoms with Crippen molar-refractivity contribution in [2.45, 2.75) is 32.7 Å². The van der Waals surface area contributed by atoms with Crippen molar-refractivity contribution in [3.63, 3.8) is 0 Å². The predicted molar refractivity (Wildman–Crippen MR) is 95.1 cm³/mol. The molecule has 3 aromatic rings. The van der Waals surface area contributed by atoms with Crippen molar-refractivity contribution in [1.29, 1.82) is 0 Å². The van der Waals surface area contributed by atoms with E-state index in [2.05, 4.69) is 36.3 Å². The summed E-state index contributed by atoms with van der Waals surface area (Å²) in [5.41, 5.74) is 4.30. The molecule has 0 bridgehead atoms. The second kappa shape index (κ2) is 5.53. The van der Waals surface area contributed by atoms with Crippen LogP contribution in [0.2, 0.25) is 0 Å². The van der Waals surface area contributed by atoms with Gasteiger partial charge < -0.3 is 9.88 Å². The molecule has 1 aromatic carbocycles. The summed E-state index contributed by atoms with van der Waals surface area (Å²) in [5, 5.41) is 3.24. The number of likely N-dealkylation sites (tertiary alicyclic amines) is 1. The number of aryl methyl sites for hydroxylation is 2. The first-order valence-electron chi connectivity index (χ1n) is 8.08. The highest BCUT2D eigenvalue weighted by Gasteiger charge is 2.31. The highest BCUT2D eigenvalue weighted by Crippen LogP contribution is 2.35. The van der Waals surface area contributed by atoms with Gasteiger partial charge in [-0.3, -0.25) is 4.79 Å². The Morgan fingerprint density at radius 1 is 1.30 bits per heavy atom. The van der Waals surface area contributed by atoms with Gasteiger partial charge in [-0.15, -0.1) is 11.3 Å². The molecule has 4 rings (SSSR count). The Bertz CT molecular complexity index is 863. The molecule has 0 aliphatic carbocycles. The molecular formula is C19H20N2OS. The van der Waals surface area contributed by atoms with E-state index in [4.69, 9.17) is 0 Å². The van der Waals surface area contributed by atoms with Crippen LogP contribution in [0.15, 0.2) is 35.7 Å². The van der Waals surface area contributed by atoms with E-state index in [0.29, 0.717) is 0 Å². The monoisotopic (exact) mass is 324 g/mol. The number of carbonyl (C=O) groups is 1. The molecule has 0 saturated carbocycles. The van der Waals surface area contributed by atoms with Crippen molar-refractivity contribution in [3.8, 4) is 0 Å². The van der Waals surface area contributed by atoms with E-state index in [1.165, 1.54) is 16.1 Å². The van der Waals surface area contributed by atoms with Gasteiger partial charge in [0, 0.05) is 33.6 Å². The summed E-state index contributed by atoms with van der Waals surface area (Å²) < 4.78 is 0. The molecule has 1 N–H and O–H groups in total. The molecule has 1 aliphatic heterocycles. The third kappa shape index (κ3) is 2.38. The van der Waals surface area contributed by atoms with E-state index in [9.17, 15) is 4.79 Å². The van der Waals surface area contributed by atoms with Crippen LogP contribution in [0, 0.1) is 13.8 Å². The summed E-state index contributed by atoms with van der Waals surface area (Å²) >= 11 is 1.75. The fourth-order valence-electron chi connectivity index (χ4n) is 3.55. The maximum atomic E-state index is 13.0. The first-order valence-corrected chi connectivity index (χ1v) is 8.96. The Labute approximate surface area is 139 Å². The Morgan fingerprint density at radius 2 is 2.17 bits per heavy atom. The average molecular weight is 324 g/mol. The molecule has 4 heteroatoms. The number of amides is 1. The summed E-state index contributed by atoms with van der Waals surface area (Å²) in [7, 11) is 0. The number of hydrogen-bond donors (Lipinski definition) is 1. The number of aromatic amines is 1. The lowest BCUT2D eigenvalue weighted by atomic mass is 10.1. The molecule has 3 heterocycles. The van der Waals surface area contributed by atoms with Crippen molar-refractivity contribution in [2.24, 2.45) is 0 Å². The van der Waals surface area contributed by atoms with Crippen molar-refractivity contribution < 1.29 is 4.79 Å². The van der Waals surface area contributed by atoms with Gasteiger partial charge in [0.2, 0.25) is 0 Å². The van der Waals surface area contributed by atoms with Gasteiger partial charge in [0.1, 0.15) is 0 Å². The Hall–Kier alpha value is -2.07. The van der Waals surface area contributed by atoms with Crippen LogP contribution in [-0.2, 0) is 0 Å². The summed E-state index contributed by atoms with van der Waals surface area (Å²) in [6.07, 6.45) is 2.15. The van der Waals surface area contributed by atoms with E-state index in [1.807, 2.05) is 23.1 Å². The van der Waals surface area contributed by atoms with Gasteiger partial charge >= 0.3 is 0 Å². The Kier molecular flexibility index (Phi) is 3.49. The molecule has 1 aliphatic rings. The maximum absolute atomic E-state index is 13.0. The van der Waals surface area contributed by atoms with Gasteiger partial charge in [-0.25, -0.2) is 0 Å². The zero-order valence-corrected chi connectivity index (χ0v) is 14.2. The number of thiophene rings is 1. The van der Waals surface area contributed by atoms with Crippen LogP contribution < -0.4 is 0 Å². The highest BCUT2D eigenvalue weighted by atomic mass is 32.1. The Morgan fingerprint density at radius 3 is 2.96 bits per heavy atom. The lowest BCUT2D eigenvalue weighted by Gasteiger charge is -2.24. The van der Waals surface area contributed by atoms with E-state index in [-0.39, 0.29) is 11.9 Å². The SMILES string of the molecule is Cc1[nH]c2ccc(C(=O)N3CCCC3c3cccs3)cc2c1C. The fraction of sp³-hybridized carbons (Fsp3) is 0.316. The molecular weight excluding hydrogens is 304 g/mol. The fourth-order valence-corrected chi connectivity index (χ4v) is 4.42. The van der Waals surface area contributed by atoms with Crippen LogP contribution in [0.5, 0.6) is 0 Å². The number of H-pyrrole nitrogens is 1. The van der Waals surface area contributed by atoms with Crippen LogP contribution in [0.4, 0.5) is 0 Å². The molecule has 1 atom stereocenters. The average Bonchev–Trinajstić information content (AvgIpc) is 3.27. The number of carbonyl (C=O) groups excluding carboxylic acids is 1. The van der Waals surface area contributed by atoms with Gasteiger partial charge in [0.25, 0.3) is 5.91 Å². The molecule has 118 valence electrons. The summed E-state index contributed by atoms with van der Waals surface area (Å²) in [6, 6.07) is 10.5. The zero-order chi connectivity index (χ0) is 16.0. The molecule has 0 spiro atoms. The first kappa shape index (κ1) is 14.5. The number of rotatable bonds is 2. The third-order valence-electron chi connectivity index (χ3n) is 4.94. The lowest BCUT2D eigenvalue weighted by molar-refractivity contribution is 0.0738. The number of nitrogens with one attached hydrogen (secondary N) is 1. The Balaban J connectivity index is 1.69. The highest BCUT2D eigenvalue weighted by molar-refractivity contribution is 7.10. The zero-order valence-electron chi connectivity index (χ0n) is 13.4. The van der Waals surface area contributed by atoms with Gasteiger partial charge in [0.15, 0.2) is 0 Å². The molecule has 1 unspecified atom stereocenters. The molecule has 3 nitrogen and oxygen atoms in total. The minimum atomic E-state index is 0.154. The van der Waals surface area contributed by atoms with Gasteiger partial charge in [-0.05, 0) is 61.9 Å². The standard InChI is InChI=1S/C19H20N2OS/c1-12-13(2)20-16-8-7-14(11-15(12)16)19(22)21-9-3-5-17(21)18-6-4-10-23-18/h4,6-8,10-11,17,20H,3,5,9H2,1-2H3. The minimum Gasteiger partial charge on any atom is -0.358 e. The van der Waals surface area contributed by atoms with Gasteiger partial charge in [-0.1, -0.05) is 6.07 Å². The minimum absolute atomic E-state index is 0.154. The number of nitrogens with zero attached hydrogens (tertiary/aromatic N) is 1. The van der Waals surface area contributed by atoms with Crippen molar-refractivity contribution in [3.05, 3.63) is 57.4 Å². The van der Waals surface area contributed by atoms with E-state index >= 15 is 0 Å². The van der Waals surface area contributed by atoms with Gasteiger partial charge in [-0.2, -0.15) is 0 Å². The maximum Gasteiger partial charge on any atom is 0.254 e. The quantitative estimate of drug-likeness (QED) is 0.720. The number of hydrogen-bond acceptors (Lipinski definition) is 2. The topological polar surface area (TPSA) is 36.1 Å². The van der Waals surface area contributed by atoms with Gasteiger partial charge in [0.05, 0.1) is 6.04 Å². The largest absolute Gasteiger partial charge is 0.358 e. The first-order chi connectivity index (χ1) is 11.1. The predicted octanol–water partition coefficient (Wildman–Crippen LogP) is 4.82. The normalized spacial score (nSPS) is 18.0. The van der Waals surface area contributed by atoms with E-state index < -0.39 is 0 Å². The lowest BCUT2D eigenvalue weighted by Crippen LogP contribution is -2.30. The summed E-state index contributed by atoms with van der Waals surface area (Å²) in [5.74, 6) is 0.154.